The van der Waals surface area contributed by atoms with E-state index in [0.717, 1.165) is 16.9 Å². The third kappa shape index (κ3) is 1.28. The molecule has 0 unspecified atom stereocenters. The van der Waals surface area contributed by atoms with Crippen LogP contribution in [0.5, 0.6) is 0 Å². The normalized spacial score (nSPS) is 10.7. The zero-order chi connectivity index (χ0) is 10.3. The van der Waals surface area contributed by atoms with E-state index in [1.807, 2.05) is 13.0 Å². The van der Waals surface area contributed by atoms with E-state index in [2.05, 4.69) is 0 Å². The summed E-state index contributed by atoms with van der Waals surface area (Å²) in [5.74, 6) is -1.21. The Morgan fingerprint density at radius 2 is 2.21 bits per heavy atom. The average molecular weight is 210 g/mol. The van der Waals surface area contributed by atoms with Crippen molar-refractivity contribution in [2.45, 2.75) is 6.92 Å². The number of benzene rings is 1. The molecule has 2 aromatic rings. The third-order valence-electron chi connectivity index (χ3n) is 2.01. The van der Waals surface area contributed by atoms with Crippen LogP contribution in [0.15, 0.2) is 18.2 Å². The molecular weight excluding hydrogens is 203 g/mol. The summed E-state index contributed by atoms with van der Waals surface area (Å²) in [5, 5.41) is 8.67. The minimum Gasteiger partial charge on any atom is -0.478 e. The number of thiophene rings is 1. The van der Waals surface area contributed by atoms with Gasteiger partial charge < -0.3 is 5.11 Å². The van der Waals surface area contributed by atoms with Crippen LogP contribution >= 0.6 is 11.3 Å². The number of hydrogen-bond donors (Lipinski definition) is 1. The highest BCUT2D eigenvalue weighted by Crippen LogP contribution is 2.30. The zero-order valence-electron chi connectivity index (χ0n) is 7.37. The molecule has 2 nitrogen and oxygen atoms in total. The summed E-state index contributed by atoms with van der Waals surface area (Å²) in [4.78, 5) is 10.8. The first kappa shape index (κ1) is 9.15. The summed E-state index contributed by atoms with van der Waals surface area (Å²) in [5.41, 5.74) is 0.714. The standard InChI is InChI=1S/C10H7FO2S/c1-5-2-3-7-6(4-5)8(10(12)13)9(11)14-7/h2-4H,1H3,(H,12,13). The molecule has 14 heavy (non-hydrogen) atoms. The van der Waals surface area contributed by atoms with Gasteiger partial charge in [0.2, 0.25) is 0 Å². The summed E-state index contributed by atoms with van der Waals surface area (Å²) in [6.07, 6.45) is 0. The predicted molar refractivity (Wildman–Crippen MR) is 53.5 cm³/mol. The van der Waals surface area contributed by atoms with Crippen LogP contribution < -0.4 is 0 Å². The summed E-state index contributed by atoms with van der Waals surface area (Å²) in [6, 6.07) is 5.27. The minimum atomic E-state index is -1.21. The van der Waals surface area contributed by atoms with E-state index in [9.17, 15) is 9.18 Å². The smallest absolute Gasteiger partial charge is 0.340 e. The second kappa shape index (κ2) is 3.06. The number of aromatic carboxylic acids is 1. The van der Waals surface area contributed by atoms with Gasteiger partial charge in [0.25, 0.3) is 0 Å². The van der Waals surface area contributed by atoms with Gasteiger partial charge in [0, 0.05) is 10.1 Å². The Morgan fingerprint density at radius 3 is 2.86 bits per heavy atom. The fraction of sp³-hybridized carbons (Fsp3) is 0.100. The van der Waals surface area contributed by atoms with Crippen LogP contribution in [0.3, 0.4) is 0 Å². The molecule has 0 spiro atoms. The summed E-state index contributed by atoms with van der Waals surface area (Å²) in [6.45, 7) is 1.85. The Hall–Kier alpha value is -1.42. The van der Waals surface area contributed by atoms with Gasteiger partial charge in [0.1, 0.15) is 5.56 Å². The van der Waals surface area contributed by atoms with Crippen molar-refractivity contribution >= 4 is 27.4 Å². The lowest BCUT2D eigenvalue weighted by Gasteiger charge is -1.94. The lowest BCUT2D eigenvalue weighted by molar-refractivity contribution is 0.0695. The Kier molecular flexibility index (Phi) is 2.00. The number of hydrogen-bond acceptors (Lipinski definition) is 2. The molecule has 0 aliphatic carbocycles. The molecule has 72 valence electrons. The third-order valence-corrected chi connectivity index (χ3v) is 2.97. The lowest BCUT2D eigenvalue weighted by atomic mass is 10.1. The molecule has 1 N–H and O–H groups in total. The maximum atomic E-state index is 13.2. The minimum absolute atomic E-state index is 0.214. The van der Waals surface area contributed by atoms with Crippen LogP contribution in [0, 0.1) is 12.1 Å². The monoisotopic (exact) mass is 210 g/mol. The number of rotatable bonds is 1. The molecule has 0 fully saturated rings. The summed E-state index contributed by atoms with van der Waals surface area (Å²) < 4.78 is 13.9. The van der Waals surface area contributed by atoms with Gasteiger partial charge >= 0.3 is 5.97 Å². The number of carboxylic acid groups (broad SMARTS) is 1. The molecule has 0 atom stereocenters. The van der Waals surface area contributed by atoms with Crippen molar-refractivity contribution in [1.82, 2.24) is 0 Å². The zero-order valence-corrected chi connectivity index (χ0v) is 8.19. The van der Waals surface area contributed by atoms with Gasteiger partial charge in [0.05, 0.1) is 0 Å². The first-order valence-electron chi connectivity index (χ1n) is 4.01. The molecule has 4 heteroatoms. The first-order valence-corrected chi connectivity index (χ1v) is 4.83. The Balaban J connectivity index is 2.86. The molecule has 0 amide bonds. The fourth-order valence-corrected chi connectivity index (χ4v) is 2.28. The Bertz CT molecular complexity index is 516. The quantitative estimate of drug-likeness (QED) is 0.785. The maximum absolute atomic E-state index is 13.2. The Labute approximate surface area is 83.6 Å². The molecule has 0 bridgehead atoms. The van der Waals surface area contributed by atoms with Crippen LogP contribution in [-0.4, -0.2) is 11.1 Å². The highest BCUT2D eigenvalue weighted by molar-refractivity contribution is 7.17. The van der Waals surface area contributed by atoms with Crippen LogP contribution in [0.2, 0.25) is 0 Å². The molecule has 1 aromatic heterocycles. The van der Waals surface area contributed by atoms with Crippen molar-refractivity contribution in [1.29, 1.82) is 0 Å². The molecular formula is C10H7FO2S. The topological polar surface area (TPSA) is 37.3 Å². The van der Waals surface area contributed by atoms with E-state index in [0.29, 0.717) is 10.1 Å². The molecule has 1 aromatic carbocycles. The van der Waals surface area contributed by atoms with Crippen LogP contribution in [0.1, 0.15) is 15.9 Å². The van der Waals surface area contributed by atoms with Crippen LogP contribution in [0.4, 0.5) is 4.39 Å². The van der Waals surface area contributed by atoms with Gasteiger partial charge in [0.15, 0.2) is 5.13 Å². The summed E-state index contributed by atoms with van der Waals surface area (Å²) >= 11 is 0.868. The second-order valence-corrected chi connectivity index (χ2v) is 4.06. The molecule has 1 heterocycles. The molecule has 0 saturated heterocycles. The first-order chi connectivity index (χ1) is 6.59. The highest BCUT2D eigenvalue weighted by Gasteiger charge is 2.17. The predicted octanol–water partition coefficient (Wildman–Crippen LogP) is 3.05. The SMILES string of the molecule is Cc1ccc2sc(F)c(C(=O)O)c2c1. The van der Waals surface area contributed by atoms with Crippen molar-refractivity contribution in [3.05, 3.63) is 34.5 Å². The van der Waals surface area contributed by atoms with Gasteiger partial charge in [-0.1, -0.05) is 11.6 Å². The fourth-order valence-electron chi connectivity index (χ4n) is 1.38. The summed E-state index contributed by atoms with van der Waals surface area (Å²) in [7, 11) is 0. The number of aryl methyl sites for hydroxylation is 1. The average Bonchev–Trinajstić information content (AvgIpc) is 2.40. The van der Waals surface area contributed by atoms with Gasteiger partial charge in [-0.25, -0.2) is 4.79 Å². The molecule has 0 saturated carbocycles. The Morgan fingerprint density at radius 1 is 1.50 bits per heavy atom. The van der Waals surface area contributed by atoms with Gasteiger partial charge in [-0.05, 0) is 19.1 Å². The van der Waals surface area contributed by atoms with E-state index < -0.39 is 11.1 Å². The lowest BCUT2D eigenvalue weighted by Crippen LogP contribution is -1.96. The van der Waals surface area contributed by atoms with Crippen LogP contribution in [0.25, 0.3) is 10.1 Å². The molecule has 0 aliphatic rings. The van der Waals surface area contributed by atoms with Crippen molar-refractivity contribution in [3.63, 3.8) is 0 Å². The van der Waals surface area contributed by atoms with Crippen molar-refractivity contribution in [2.24, 2.45) is 0 Å². The second-order valence-electron chi connectivity index (χ2n) is 3.06. The van der Waals surface area contributed by atoms with E-state index >= 15 is 0 Å². The van der Waals surface area contributed by atoms with E-state index in [1.54, 1.807) is 12.1 Å². The number of halogens is 1. The highest BCUT2D eigenvalue weighted by atomic mass is 32.1. The van der Waals surface area contributed by atoms with E-state index in [1.165, 1.54) is 0 Å². The van der Waals surface area contributed by atoms with Crippen LogP contribution in [-0.2, 0) is 0 Å². The molecule has 0 radical (unpaired) electrons. The molecule has 2 rings (SSSR count). The number of carbonyl (C=O) groups is 1. The maximum Gasteiger partial charge on any atom is 0.340 e. The van der Waals surface area contributed by atoms with Gasteiger partial charge in [-0.15, -0.1) is 11.3 Å². The van der Waals surface area contributed by atoms with Crippen molar-refractivity contribution in [2.75, 3.05) is 0 Å². The number of fused-ring (bicyclic) bond motifs is 1. The van der Waals surface area contributed by atoms with E-state index in [4.69, 9.17) is 5.11 Å². The van der Waals surface area contributed by atoms with Gasteiger partial charge in [-0.3, -0.25) is 0 Å². The van der Waals surface area contributed by atoms with Crippen molar-refractivity contribution in [3.8, 4) is 0 Å². The van der Waals surface area contributed by atoms with Crippen molar-refractivity contribution < 1.29 is 14.3 Å². The number of carboxylic acids is 1. The largest absolute Gasteiger partial charge is 0.478 e. The molecule has 0 aliphatic heterocycles. The van der Waals surface area contributed by atoms with E-state index in [-0.39, 0.29) is 5.56 Å². The van der Waals surface area contributed by atoms with Gasteiger partial charge in [-0.2, -0.15) is 4.39 Å².